The first-order chi connectivity index (χ1) is 13.1. The molecule has 0 unspecified atom stereocenters. The maximum absolute atomic E-state index is 6.06. The Hall–Kier alpha value is -1.91. The van der Waals surface area contributed by atoms with Crippen LogP contribution in [-0.2, 0) is 20.8 Å². The van der Waals surface area contributed by atoms with E-state index in [1.807, 2.05) is 24.3 Å². The van der Waals surface area contributed by atoms with Crippen LogP contribution in [0.4, 0.5) is 0 Å². The highest BCUT2D eigenvalue weighted by molar-refractivity contribution is 5.79. The lowest BCUT2D eigenvalue weighted by molar-refractivity contribution is 0.0268. The first-order valence-electron chi connectivity index (χ1n) is 9.80. The summed E-state index contributed by atoms with van der Waals surface area (Å²) in [6, 6.07) is 10.3. The van der Waals surface area contributed by atoms with E-state index in [0.29, 0.717) is 37.6 Å². The van der Waals surface area contributed by atoms with E-state index in [4.69, 9.17) is 14.2 Å². The van der Waals surface area contributed by atoms with Crippen molar-refractivity contribution < 1.29 is 14.2 Å². The van der Waals surface area contributed by atoms with Gasteiger partial charge in [0.05, 0.1) is 24.9 Å². The van der Waals surface area contributed by atoms with Gasteiger partial charge in [-0.05, 0) is 44.1 Å². The predicted molar refractivity (Wildman–Crippen MR) is 109 cm³/mol. The van der Waals surface area contributed by atoms with E-state index in [9.17, 15) is 0 Å². The monoisotopic (exact) mass is 369 g/mol. The van der Waals surface area contributed by atoms with Gasteiger partial charge in [-0.15, -0.1) is 6.58 Å². The van der Waals surface area contributed by atoms with Gasteiger partial charge in [-0.3, -0.25) is 0 Å². The molecule has 0 saturated carbocycles. The van der Waals surface area contributed by atoms with Crippen LogP contribution in [0.3, 0.4) is 0 Å². The van der Waals surface area contributed by atoms with Gasteiger partial charge in [-0.1, -0.05) is 48.6 Å². The molecule has 0 bridgehead atoms. The summed E-state index contributed by atoms with van der Waals surface area (Å²) in [6.07, 6.45) is 8.40. The molecule has 1 aromatic carbocycles. The largest absolute Gasteiger partial charge is 0.477 e. The van der Waals surface area contributed by atoms with Gasteiger partial charge < -0.3 is 14.2 Å². The molecule has 4 heteroatoms. The Balaban J connectivity index is 1.50. The molecule has 4 nitrogen and oxygen atoms in total. The molecule has 0 saturated heterocycles. The number of hydrogen-bond donors (Lipinski definition) is 0. The van der Waals surface area contributed by atoms with Crippen LogP contribution in [0.15, 0.2) is 60.1 Å². The Morgan fingerprint density at radius 3 is 2.74 bits per heavy atom. The SMILES string of the molecule is C=CC[C@@H]1C=C[C@@H](OCC2=NC(C)(C)CO2)C[C@@H]1COCc1ccccc1. The average Bonchev–Trinajstić information content (AvgIpc) is 3.01. The topological polar surface area (TPSA) is 40.0 Å². The first-order valence-corrected chi connectivity index (χ1v) is 9.80. The predicted octanol–water partition coefficient (Wildman–Crippen LogP) is 4.56. The summed E-state index contributed by atoms with van der Waals surface area (Å²) in [5.74, 6) is 1.58. The highest BCUT2D eigenvalue weighted by Gasteiger charge is 2.29. The maximum Gasteiger partial charge on any atom is 0.210 e. The Kier molecular flexibility index (Phi) is 6.86. The van der Waals surface area contributed by atoms with Gasteiger partial charge in [-0.2, -0.15) is 0 Å². The summed E-state index contributed by atoms with van der Waals surface area (Å²) in [4.78, 5) is 4.56. The van der Waals surface area contributed by atoms with Crippen molar-refractivity contribution in [1.29, 1.82) is 0 Å². The van der Waals surface area contributed by atoms with Crippen LogP contribution in [0.25, 0.3) is 0 Å². The second kappa shape index (κ2) is 9.34. The number of benzene rings is 1. The van der Waals surface area contributed by atoms with E-state index in [2.05, 4.69) is 49.7 Å². The van der Waals surface area contributed by atoms with E-state index in [-0.39, 0.29) is 11.6 Å². The molecule has 2 aliphatic rings. The number of ether oxygens (including phenoxy) is 3. The number of rotatable bonds is 9. The number of allylic oxidation sites excluding steroid dienone is 2. The molecule has 1 aliphatic heterocycles. The summed E-state index contributed by atoms with van der Waals surface area (Å²) in [7, 11) is 0. The molecule has 0 fully saturated rings. The third-order valence-corrected chi connectivity index (χ3v) is 5.04. The van der Waals surface area contributed by atoms with E-state index < -0.39 is 0 Å². The summed E-state index contributed by atoms with van der Waals surface area (Å²) < 4.78 is 17.7. The molecule has 1 aliphatic carbocycles. The Labute approximate surface area is 162 Å². The Bertz CT molecular complexity index is 665. The molecule has 0 spiro atoms. The van der Waals surface area contributed by atoms with E-state index in [1.54, 1.807) is 0 Å². The molecule has 1 aromatic rings. The fourth-order valence-electron chi connectivity index (χ4n) is 3.57. The fourth-order valence-corrected chi connectivity index (χ4v) is 3.57. The van der Waals surface area contributed by atoms with Crippen molar-refractivity contribution in [1.82, 2.24) is 0 Å². The highest BCUT2D eigenvalue weighted by Crippen LogP contribution is 2.30. The minimum Gasteiger partial charge on any atom is -0.477 e. The molecule has 146 valence electrons. The lowest BCUT2D eigenvalue weighted by Gasteiger charge is -2.31. The molecule has 0 aromatic heterocycles. The molecule has 27 heavy (non-hydrogen) atoms. The van der Waals surface area contributed by atoms with Crippen LogP contribution >= 0.6 is 0 Å². The minimum atomic E-state index is -0.135. The standard InChI is InChI=1S/C23H31NO3/c1-4-8-19-11-12-21(26-16-22-24-23(2,3)17-27-22)13-20(19)15-25-14-18-9-6-5-7-10-18/h4-7,9-12,19-21H,1,8,13-17H2,2-3H3/t19-,20-,21-/m1/s1. The molecule has 1 heterocycles. The summed E-state index contributed by atoms with van der Waals surface area (Å²) in [5, 5.41) is 0. The van der Waals surface area contributed by atoms with Gasteiger partial charge in [-0.25, -0.2) is 4.99 Å². The number of aliphatic imine (C=N–C) groups is 1. The second-order valence-corrected chi connectivity index (χ2v) is 8.03. The van der Waals surface area contributed by atoms with Gasteiger partial charge in [0.1, 0.15) is 13.2 Å². The van der Waals surface area contributed by atoms with Gasteiger partial charge >= 0.3 is 0 Å². The first kappa shape index (κ1) is 19.8. The summed E-state index contributed by atoms with van der Waals surface area (Å²) in [6.45, 7) is 10.5. The number of nitrogens with zero attached hydrogens (tertiary/aromatic N) is 1. The van der Waals surface area contributed by atoms with Gasteiger partial charge in [0.15, 0.2) is 0 Å². The molecule has 0 radical (unpaired) electrons. The lowest BCUT2D eigenvalue weighted by atomic mass is 9.81. The zero-order valence-electron chi connectivity index (χ0n) is 16.5. The maximum atomic E-state index is 6.06. The van der Waals surface area contributed by atoms with E-state index >= 15 is 0 Å². The fraction of sp³-hybridized carbons (Fsp3) is 0.522. The molecule has 3 atom stereocenters. The van der Waals surface area contributed by atoms with Crippen molar-refractivity contribution >= 4 is 5.90 Å². The average molecular weight is 370 g/mol. The second-order valence-electron chi connectivity index (χ2n) is 8.03. The van der Waals surface area contributed by atoms with Crippen molar-refractivity contribution in [2.45, 2.75) is 44.9 Å². The van der Waals surface area contributed by atoms with Crippen molar-refractivity contribution in [3.8, 4) is 0 Å². The van der Waals surface area contributed by atoms with Crippen molar-refractivity contribution in [2.24, 2.45) is 16.8 Å². The smallest absolute Gasteiger partial charge is 0.210 e. The normalized spacial score (nSPS) is 26.4. The van der Waals surface area contributed by atoms with Crippen molar-refractivity contribution in [2.75, 3.05) is 19.8 Å². The van der Waals surface area contributed by atoms with Crippen LogP contribution in [0.5, 0.6) is 0 Å². The molecular formula is C23H31NO3. The van der Waals surface area contributed by atoms with E-state index in [0.717, 1.165) is 19.4 Å². The summed E-state index contributed by atoms with van der Waals surface area (Å²) in [5.41, 5.74) is 1.07. The van der Waals surface area contributed by atoms with Gasteiger partial charge in [0.25, 0.3) is 0 Å². The van der Waals surface area contributed by atoms with Gasteiger partial charge in [0.2, 0.25) is 5.90 Å². The third-order valence-electron chi connectivity index (χ3n) is 5.04. The van der Waals surface area contributed by atoms with Crippen LogP contribution in [0.2, 0.25) is 0 Å². The summed E-state index contributed by atoms with van der Waals surface area (Å²) >= 11 is 0. The van der Waals surface area contributed by atoms with Crippen molar-refractivity contribution in [3.05, 3.63) is 60.7 Å². The van der Waals surface area contributed by atoms with E-state index in [1.165, 1.54) is 5.56 Å². The number of hydrogen-bond acceptors (Lipinski definition) is 4. The Morgan fingerprint density at radius 1 is 1.22 bits per heavy atom. The van der Waals surface area contributed by atoms with Crippen LogP contribution in [-0.4, -0.2) is 37.4 Å². The molecule has 0 N–H and O–H groups in total. The van der Waals surface area contributed by atoms with Crippen LogP contribution in [0, 0.1) is 11.8 Å². The lowest BCUT2D eigenvalue weighted by Crippen LogP contribution is -2.30. The third kappa shape index (κ3) is 6.05. The highest BCUT2D eigenvalue weighted by atomic mass is 16.5. The molecule has 0 amide bonds. The minimum absolute atomic E-state index is 0.0754. The molecule has 3 rings (SSSR count). The zero-order chi connectivity index (χ0) is 19.1. The molecular weight excluding hydrogens is 338 g/mol. The van der Waals surface area contributed by atoms with Crippen LogP contribution < -0.4 is 0 Å². The van der Waals surface area contributed by atoms with Crippen molar-refractivity contribution in [3.63, 3.8) is 0 Å². The quantitative estimate of drug-likeness (QED) is 0.599. The van der Waals surface area contributed by atoms with Crippen LogP contribution in [0.1, 0.15) is 32.3 Å². The zero-order valence-corrected chi connectivity index (χ0v) is 16.5. The Morgan fingerprint density at radius 2 is 2.04 bits per heavy atom. The van der Waals surface area contributed by atoms with Gasteiger partial charge in [0, 0.05) is 0 Å².